The van der Waals surface area contributed by atoms with Crippen molar-refractivity contribution in [2.24, 2.45) is 5.92 Å². The molecule has 0 saturated carbocycles. The second-order valence-corrected chi connectivity index (χ2v) is 13.0. The second-order valence-electron chi connectivity index (χ2n) is 8.80. The quantitative estimate of drug-likeness (QED) is 0.264. The molecule has 35 heavy (non-hydrogen) atoms. The molecular formula is C22H33N5O5S3. The fourth-order valence-corrected chi connectivity index (χ4v) is 7.34. The first-order valence-electron chi connectivity index (χ1n) is 11.4. The van der Waals surface area contributed by atoms with Crippen molar-refractivity contribution >= 4 is 49.8 Å². The van der Waals surface area contributed by atoms with E-state index in [-0.39, 0.29) is 46.6 Å². The van der Waals surface area contributed by atoms with Crippen LogP contribution in [0.15, 0.2) is 21.0 Å². The zero-order chi connectivity index (χ0) is 26.1. The van der Waals surface area contributed by atoms with Crippen molar-refractivity contribution in [1.29, 1.82) is 0 Å². The number of hydrogen-bond acceptors (Lipinski definition) is 10. The van der Waals surface area contributed by atoms with E-state index in [9.17, 15) is 18.1 Å². The van der Waals surface area contributed by atoms with E-state index in [1.807, 2.05) is 19.9 Å². The molecular weight excluding hydrogens is 510 g/mol. The number of rotatable bonds is 11. The zero-order valence-electron chi connectivity index (χ0n) is 20.9. The summed E-state index contributed by atoms with van der Waals surface area (Å²) in [5, 5.41) is 17.1. The molecule has 0 amide bonds. The minimum Gasteiger partial charge on any atom is -0.546 e. The molecule has 0 aliphatic rings. The normalized spacial score (nSPS) is 13.7. The van der Waals surface area contributed by atoms with Gasteiger partial charge in [0.15, 0.2) is 21.1 Å². The number of sulfonamides is 1. The summed E-state index contributed by atoms with van der Waals surface area (Å²) in [5.74, 6) is 1.11. The van der Waals surface area contributed by atoms with Gasteiger partial charge in [0.2, 0.25) is 11.6 Å². The molecule has 2 atom stereocenters. The molecule has 0 aromatic carbocycles. The standard InChI is InChI=1S/C22H33N5O5S3/c1-8-27(9-2)35(30,31)22-19(28)18(14(7)33-22)24-21-20(25-34(29)26-21)23-17(13(5)6)16-10-15(11-32-16)12(3)4/h10-13,17,28H,8-9H2,1-7H3,(H,23,25)(H,24,26)/t17-,34?/m1/s1. The third-order valence-corrected chi connectivity index (χ3v) is 9.99. The van der Waals surface area contributed by atoms with Crippen LogP contribution < -0.4 is 10.6 Å². The topological polar surface area (TPSA) is 144 Å². The third-order valence-electron chi connectivity index (χ3n) is 5.69. The Bertz CT molecular complexity index is 1260. The number of aryl methyl sites for hydroxylation is 1. The van der Waals surface area contributed by atoms with Crippen LogP contribution in [0.2, 0.25) is 0 Å². The summed E-state index contributed by atoms with van der Waals surface area (Å²) in [6, 6.07) is 1.71. The van der Waals surface area contributed by atoms with Crippen LogP contribution in [0.25, 0.3) is 0 Å². The highest BCUT2D eigenvalue weighted by Gasteiger charge is 2.32. The van der Waals surface area contributed by atoms with E-state index >= 15 is 0 Å². The average molecular weight is 544 g/mol. The molecule has 3 heterocycles. The Morgan fingerprint density at radius 1 is 1.20 bits per heavy atom. The SMILES string of the molecule is CCN(CC)S(=O)(=O)c1sc(C)c(Nc2n[s+]([O-])nc2N[C@@H](c2cc(C(C)C)co2)C(C)C)c1O. The van der Waals surface area contributed by atoms with Crippen molar-refractivity contribution in [2.45, 2.75) is 64.6 Å². The average Bonchev–Trinajstić information content (AvgIpc) is 3.47. The van der Waals surface area contributed by atoms with E-state index in [4.69, 9.17) is 4.42 Å². The molecule has 3 N–H and O–H groups in total. The Kier molecular flexibility index (Phi) is 8.48. The van der Waals surface area contributed by atoms with E-state index in [1.54, 1.807) is 27.0 Å². The maximum atomic E-state index is 13.0. The van der Waals surface area contributed by atoms with Crippen LogP contribution in [0.4, 0.5) is 17.3 Å². The third kappa shape index (κ3) is 5.64. The number of nitrogens with one attached hydrogen (secondary N) is 2. The summed E-state index contributed by atoms with van der Waals surface area (Å²) in [6.07, 6.45) is 1.73. The molecule has 0 spiro atoms. The lowest BCUT2D eigenvalue weighted by Crippen LogP contribution is -2.30. The molecule has 0 radical (unpaired) electrons. The van der Waals surface area contributed by atoms with Gasteiger partial charge in [0.05, 0.1) is 18.0 Å². The largest absolute Gasteiger partial charge is 0.546 e. The monoisotopic (exact) mass is 543 g/mol. The number of aromatic hydroxyl groups is 1. The van der Waals surface area contributed by atoms with Crippen LogP contribution in [0.1, 0.15) is 69.7 Å². The van der Waals surface area contributed by atoms with Crippen LogP contribution in [-0.4, -0.2) is 44.2 Å². The first-order chi connectivity index (χ1) is 16.4. The van der Waals surface area contributed by atoms with Crippen LogP contribution in [-0.2, 0) is 10.0 Å². The van der Waals surface area contributed by atoms with Crippen molar-refractivity contribution in [2.75, 3.05) is 23.7 Å². The minimum absolute atomic E-state index is 0.0984. The number of hydrogen-bond donors (Lipinski definition) is 3. The predicted octanol–water partition coefficient (Wildman–Crippen LogP) is 5.58. The number of thiophene rings is 1. The lowest BCUT2D eigenvalue weighted by molar-refractivity contribution is 0.420. The van der Waals surface area contributed by atoms with Gasteiger partial charge in [-0.15, -0.1) is 11.3 Å². The summed E-state index contributed by atoms with van der Waals surface area (Å²) in [6.45, 7) is 13.9. The van der Waals surface area contributed by atoms with E-state index in [1.165, 1.54) is 4.31 Å². The predicted molar refractivity (Wildman–Crippen MR) is 139 cm³/mol. The van der Waals surface area contributed by atoms with Gasteiger partial charge >= 0.3 is 0 Å². The molecule has 0 fully saturated rings. The Morgan fingerprint density at radius 3 is 2.37 bits per heavy atom. The van der Waals surface area contributed by atoms with Crippen LogP contribution in [0.5, 0.6) is 5.75 Å². The van der Waals surface area contributed by atoms with Gasteiger partial charge in [0, 0.05) is 26.7 Å². The van der Waals surface area contributed by atoms with Gasteiger partial charge in [0.25, 0.3) is 10.0 Å². The summed E-state index contributed by atoms with van der Waals surface area (Å²) in [5.41, 5.74) is 1.26. The van der Waals surface area contributed by atoms with E-state index < -0.39 is 26.9 Å². The Morgan fingerprint density at radius 2 is 1.83 bits per heavy atom. The molecule has 3 aromatic heterocycles. The maximum Gasteiger partial charge on any atom is 0.256 e. The number of furan rings is 1. The molecule has 3 aromatic rings. The van der Waals surface area contributed by atoms with E-state index in [2.05, 4.69) is 33.2 Å². The van der Waals surface area contributed by atoms with Crippen molar-refractivity contribution in [3.63, 3.8) is 0 Å². The first-order valence-corrected chi connectivity index (χ1v) is 14.8. The van der Waals surface area contributed by atoms with Crippen molar-refractivity contribution in [1.82, 2.24) is 13.1 Å². The zero-order valence-corrected chi connectivity index (χ0v) is 23.4. The van der Waals surface area contributed by atoms with E-state index in [0.29, 0.717) is 16.6 Å². The van der Waals surface area contributed by atoms with Crippen LogP contribution >= 0.6 is 22.5 Å². The van der Waals surface area contributed by atoms with Gasteiger partial charge in [-0.05, 0) is 30.4 Å². The highest BCUT2D eigenvalue weighted by molar-refractivity contribution is 7.91. The van der Waals surface area contributed by atoms with Gasteiger partial charge in [-0.2, -0.15) is 4.31 Å². The lowest BCUT2D eigenvalue weighted by Gasteiger charge is -2.20. The number of anilines is 3. The highest BCUT2D eigenvalue weighted by Crippen LogP contribution is 2.45. The van der Waals surface area contributed by atoms with Gasteiger partial charge in [0.1, 0.15) is 5.76 Å². The molecule has 0 bridgehead atoms. The molecule has 0 saturated heterocycles. The smallest absolute Gasteiger partial charge is 0.256 e. The van der Waals surface area contributed by atoms with Gasteiger partial charge < -0.3 is 24.7 Å². The summed E-state index contributed by atoms with van der Waals surface area (Å²) in [7, 11) is -3.86. The number of nitrogens with zero attached hydrogens (tertiary/aromatic N) is 3. The maximum absolute atomic E-state index is 13.0. The van der Waals surface area contributed by atoms with E-state index in [0.717, 1.165) is 16.9 Å². The molecule has 0 aliphatic heterocycles. The Labute approximate surface area is 213 Å². The van der Waals surface area contributed by atoms with Gasteiger partial charge in [-0.1, -0.05) is 41.5 Å². The fourth-order valence-electron chi connectivity index (χ4n) is 3.62. The molecule has 194 valence electrons. The highest BCUT2D eigenvalue weighted by atomic mass is 32.2. The molecule has 1 unspecified atom stereocenters. The van der Waals surface area contributed by atoms with Crippen molar-refractivity contribution in [3.8, 4) is 5.75 Å². The molecule has 3 rings (SSSR count). The second kappa shape index (κ2) is 10.8. The summed E-state index contributed by atoms with van der Waals surface area (Å²) in [4.78, 5) is 0.543. The summed E-state index contributed by atoms with van der Waals surface area (Å²) >= 11 is -0.898. The van der Waals surface area contributed by atoms with Gasteiger partial charge in [-0.3, -0.25) is 0 Å². The van der Waals surface area contributed by atoms with Crippen molar-refractivity contribution < 1.29 is 22.5 Å². The molecule has 0 aliphatic carbocycles. The Hall–Kier alpha value is -2.19. The molecule has 13 heteroatoms. The lowest BCUT2D eigenvalue weighted by atomic mass is 9.99. The van der Waals surface area contributed by atoms with Crippen LogP contribution in [0.3, 0.4) is 0 Å². The minimum atomic E-state index is -3.86. The fraction of sp³-hybridized carbons (Fsp3) is 0.545. The van der Waals surface area contributed by atoms with Crippen LogP contribution in [0, 0.1) is 12.8 Å². The van der Waals surface area contributed by atoms with Crippen molar-refractivity contribution in [3.05, 3.63) is 28.5 Å². The summed E-state index contributed by atoms with van der Waals surface area (Å²) < 4.78 is 53.2. The Balaban J connectivity index is 1.95. The molecule has 10 nitrogen and oxygen atoms in total. The first kappa shape index (κ1) is 27.4. The van der Waals surface area contributed by atoms with Gasteiger partial charge in [-0.25, -0.2) is 8.42 Å². The number of aromatic nitrogens is 2.